The van der Waals surface area contributed by atoms with Gasteiger partial charge < -0.3 is 24.7 Å². The van der Waals surface area contributed by atoms with E-state index in [1.807, 2.05) is 54.6 Å². The summed E-state index contributed by atoms with van der Waals surface area (Å²) in [5, 5.41) is 9.77. The van der Waals surface area contributed by atoms with Crippen LogP contribution in [0.15, 0.2) is 79.9 Å². The fraction of sp³-hybridized carbons (Fsp3) is 0.472. The van der Waals surface area contributed by atoms with Crippen LogP contribution >= 0.6 is 11.8 Å². The van der Waals surface area contributed by atoms with E-state index in [9.17, 15) is 19.5 Å². The number of benzene rings is 2. The molecule has 2 aromatic carbocycles. The molecule has 9 heteroatoms. The third-order valence-corrected chi connectivity index (χ3v) is 11.8. The Morgan fingerprint density at radius 1 is 0.933 bits per heavy atom. The van der Waals surface area contributed by atoms with Crippen molar-refractivity contribution in [2.24, 2.45) is 11.8 Å². The Labute approximate surface area is 271 Å². The van der Waals surface area contributed by atoms with Crippen LogP contribution in [0.3, 0.4) is 0 Å². The third kappa shape index (κ3) is 5.58. The van der Waals surface area contributed by atoms with E-state index < -0.39 is 27.4 Å². The highest BCUT2D eigenvalue weighted by Crippen LogP contribution is 2.71. The highest BCUT2D eigenvalue weighted by Gasteiger charge is 2.77. The minimum Gasteiger partial charge on any atom is -0.396 e. The van der Waals surface area contributed by atoms with Crippen molar-refractivity contribution >= 4 is 46.5 Å². The van der Waals surface area contributed by atoms with Gasteiger partial charge in [-0.3, -0.25) is 14.4 Å². The lowest BCUT2D eigenvalue weighted by molar-refractivity contribution is -0.139. The first-order valence-corrected chi connectivity index (χ1v) is 16.9. The molecule has 3 aliphatic heterocycles. The number of carbonyl (C=O) groups excluding carboxylic acids is 3. The number of aliphatic hydroxyl groups is 1. The third-order valence-electron chi connectivity index (χ3n) is 9.85. The van der Waals surface area contributed by atoms with Gasteiger partial charge >= 0.3 is 0 Å². The molecule has 3 amide bonds. The Bertz CT molecular complexity index is 1410. The molecule has 45 heavy (non-hydrogen) atoms. The molecule has 0 saturated carbocycles. The Hall–Kier alpha value is -3.56. The predicted octanol–water partition coefficient (Wildman–Crippen LogP) is 5.13. The molecular formula is C36H46N4O4S. The van der Waals surface area contributed by atoms with Gasteiger partial charge in [0.1, 0.15) is 6.04 Å². The van der Waals surface area contributed by atoms with Gasteiger partial charge in [0.15, 0.2) is 0 Å². The van der Waals surface area contributed by atoms with Gasteiger partial charge in [0.2, 0.25) is 11.8 Å². The zero-order valence-corrected chi connectivity index (χ0v) is 27.5. The molecule has 240 valence electrons. The molecule has 2 bridgehead atoms. The molecule has 2 unspecified atom stereocenters. The summed E-state index contributed by atoms with van der Waals surface area (Å²) in [7, 11) is 0. The Morgan fingerprint density at radius 2 is 1.51 bits per heavy atom. The van der Waals surface area contributed by atoms with Gasteiger partial charge in [0, 0.05) is 61.1 Å². The summed E-state index contributed by atoms with van der Waals surface area (Å²) >= 11 is 1.66. The molecular weight excluding hydrogens is 584 g/mol. The van der Waals surface area contributed by atoms with E-state index >= 15 is 0 Å². The highest BCUT2D eigenvalue weighted by atomic mass is 32.2. The smallest absolute Gasteiger partial charge is 0.251 e. The van der Waals surface area contributed by atoms with Gasteiger partial charge in [-0.25, -0.2) is 0 Å². The molecule has 3 fully saturated rings. The van der Waals surface area contributed by atoms with Crippen molar-refractivity contribution in [2.45, 2.75) is 55.6 Å². The van der Waals surface area contributed by atoms with Gasteiger partial charge in [-0.15, -0.1) is 24.9 Å². The van der Waals surface area contributed by atoms with Gasteiger partial charge in [0.05, 0.1) is 16.6 Å². The van der Waals surface area contributed by atoms with Crippen LogP contribution in [0.2, 0.25) is 0 Å². The minimum atomic E-state index is -0.766. The minimum absolute atomic E-state index is 0.0973. The standard InChI is InChI=1S/C36H46N4O4S/c1-6-22-38(27-14-11-10-12-15-27)32(42)29-30-33(43)40(24-13-25-41)31(36(30)21-20-35(29,5)45-36)34(44)39(23-7-2)28-18-16-26(17-19-28)37(8-3)9-4/h6-7,10-12,14-19,29-31,41H,1-2,8-9,13,20-25H2,3-5H3/t29-,30+,31?,35+,36?/m1/s1. The zero-order chi connectivity index (χ0) is 32.4. The van der Waals surface area contributed by atoms with Crippen LogP contribution in [0.25, 0.3) is 0 Å². The van der Waals surface area contributed by atoms with Crippen molar-refractivity contribution in [3.05, 3.63) is 79.9 Å². The number of carbonyl (C=O) groups is 3. The van der Waals surface area contributed by atoms with Gasteiger partial charge in [0.25, 0.3) is 5.91 Å². The molecule has 3 saturated heterocycles. The summed E-state index contributed by atoms with van der Waals surface area (Å²) in [6.07, 6.45) is 5.16. The maximum absolute atomic E-state index is 14.8. The van der Waals surface area contributed by atoms with Crippen molar-refractivity contribution < 1.29 is 19.5 Å². The van der Waals surface area contributed by atoms with Crippen LogP contribution < -0.4 is 14.7 Å². The molecule has 1 N–H and O–H groups in total. The fourth-order valence-corrected chi connectivity index (χ4v) is 10.2. The van der Waals surface area contributed by atoms with Crippen molar-refractivity contribution in [3.63, 3.8) is 0 Å². The summed E-state index contributed by atoms with van der Waals surface area (Å²) < 4.78 is -1.25. The molecule has 3 heterocycles. The average molecular weight is 631 g/mol. The molecule has 0 aromatic heterocycles. The second-order valence-corrected chi connectivity index (χ2v) is 14.2. The second kappa shape index (κ2) is 13.4. The van der Waals surface area contributed by atoms with E-state index in [-0.39, 0.29) is 37.4 Å². The van der Waals surface area contributed by atoms with Crippen molar-refractivity contribution in [1.29, 1.82) is 0 Å². The monoisotopic (exact) mass is 630 g/mol. The summed E-state index contributed by atoms with van der Waals surface area (Å²) in [5.74, 6) is -1.69. The van der Waals surface area contributed by atoms with Crippen LogP contribution in [-0.4, -0.2) is 82.6 Å². The molecule has 5 rings (SSSR count). The van der Waals surface area contributed by atoms with Crippen molar-refractivity contribution in [1.82, 2.24) is 4.90 Å². The normalized spacial score (nSPS) is 26.4. The molecule has 3 aliphatic rings. The van der Waals surface area contributed by atoms with Crippen molar-refractivity contribution in [3.8, 4) is 0 Å². The maximum Gasteiger partial charge on any atom is 0.251 e. The Kier molecular flexibility index (Phi) is 9.80. The van der Waals surface area contributed by atoms with Crippen molar-refractivity contribution in [2.75, 3.05) is 54.0 Å². The largest absolute Gasteiger partial charge is 0.396 e. The van der Waals surface area contributed by atoms with Gasteiger partial charge in [-0.05, 0) is 76.4 Å². The average Bonchev–Trinajstić information content (AvgIpc) is 3.62. The van der Waals surface area contributed by atoms with Crippen LogP contribution in [0.4, 0.5) is 17.1 Å². The summed E-state index contributed by atoms with van der Waals surface area (Å²) in [5.41, 5.74) is 2.58. The number of hydrogen-bond donors (Lipinski definition) is 1. The second-order valence-electron chi connectivity index (χ2n) is 12.3. The maximum atomic E-state index is 14.8. The molecule has 2 aromatic rings. The highest BCUT2D eigenvalue weighted by molar-refractivity contribution is 8.02. The topological polar surface area (TPSA) is 84.4 Å². The van der Waals surface area contributed by atoms with E-state index in [0.717, 1.165) is 36.6 Å². The van der Waals surface area contributed by atoms with Gasteiger partial charge in [-0.1, -0.05) is 30.4 Å². The van der Waals surface area contributed by atoms with E-state index in [4.69, 9.17) is 0 Å². The number of fused-ring (bicyclic) bond motifs is 1. The van der Waals surface area contributed by atoms with E-state index in [1.54, 1.807) is 38.6 Å². The van der Waals surface area contributed by atoms with Crippen LogP contribution in [0, 0.1) is 11.8 Å². The predicted molar refractivity (Wildman–Crippen MR) is 184 cm³/mol. The number of para-hydroxylation sites is 1. The van der Waals surface area contributed by atoms with Crippen LogP contribution in [0.1, 0.15) is 40.0 Å². The Morgan fingerprint density at radius 3 is 2.09 bits per heavy atom. The summed E-state index contributed by atoms with van der Waals surface area (Å²) in [6.45, 7) is 16.7. The fourth-order valence-electron chi connectivity index (χ4n) is 7.82. The number of thioether (sulfide) groups is 1. The SMILES string of the molecule is C=CCN(C(=O)C1N(CCCO)C(=O)[C@@H]2[C@H](C(=O)N(CC=C)c3ccccc3)[C@]3(C)CCC12S3)c1ccc(N(CC)CC)cc1. The van der Waals surface area contributed by atoms with Crippen LogP contribution in [0.5, 0.6) is 0 Å². The zero-order valence-electron chi connectivity index (χ0n) is 26.7. The molecule has 1 spiro atoms. The number of rotatable bonds is 14. The van der Waals surface area contributed by atoms with Crippen LogP contribution in [-0.2, 0) is 14.4 Å². The molecule has 5 atom stereocenters. The summed E-state index contributed by atoms with van der Waals surface area (Å²) in [6, 6.07) is 16.7. The van der Waals surface area contributed by atoms with E-state index in [0.29, 0.717) is 19.4 Å². The van der Waals surface area contributed by atoms with Gasteiger partial charge in [-0.2, -0.15) is 0 Å². The first kappa shape index (κ1) is 32.8. The lowest BCUT2D eigenvalue weighted by atomic mass is 9.66. The lowest BCUT2D eigenvalue weighted by Crippen LogP contribution is -2.55. The number of nitrogens with zero attached hydrogens (tertiary/aromatic N) is 4. The number of hydrogen-bond acceptors (Lipinski definition) is 6. The number of anilines is 3. The number of aliphatic hydroxyl groups excluding tert-OH is 1. The van der Waals surface area contributed by atoms with E-state index in [2.05, 4.69) is 38.8 Å². The Balaban J connectivity index is 1.55. The quantitative estimate of drug-likeness (QED) is 0.292. The first-order chi connectivity index (χ1) is 21.7. The lowest BCUT2D eigenvalue weighted by Gasteiger charge is -2.38. The number of amides is 3. The molecule has 0 radical (unpaired) electrons. The number of likely N-dealkylation sites (tertiary alicyclic amines) is 1. The molecule has 8 nitrogen and oxygen atoms in total. The first-order valence-electron chi connectivity index (χ1n) is 16.1. The van der Waals surface area contributed by atoms with E-state index in [1.165, 1.54) is 0 Å². The molecule has 0 aliphatic carbocycles. The summed E-state index contributed by atoms with van der Waals surface area (Å²) in [4.78, 5) is 51.3.